The molecule has 134 valence electrons. The maximum Gasteiger partial charge on any atom is 0.344 e. The zero-order valence-electron chi connectivity index (χ0n) is 14.1. The van der Waals surface area contributed by atoms with Crippen LogP contribution in [0.1, 0.15) is 22.8 Å². The number of hydrogen-bond donors (Lipinski definition) is 2. The van der Waals surface area contributed by atoms with Crippen molar-refractivity contribution in [1.82, 2.24) is 15.8 Å². The lowest BCUT2D eigenvalue weighted by molar-refractivity contribution is -0.132. The first-order valence-corrected chi connectivity index (χ1v) is 7.73. The predicted molar refractivity (Wildman–Crippen MR) is 89.6 cm³/mol. The molecular weight excluding hydrogens is 341 g/mol. The topological polar surface area (TPSA) is 87.7 Å². The van der Waals surface area contributed by atoms with Crippen LogP contribution in [0.15, 0.2) is 48.5 Å². The molecule has 8 heteroatoms. The Labute approximate surface area is 148 Å². The van der Waals surface area contributed by atoms with Gasteiger partial charge in [0.1, 0.15) is 17.1 Å². The summed E-state index contributed by atoms with van der Waals surface area (Å²) in [5, 5.41) is 3.15. The van der Waals surface area contributed by atoms with Gasteiger partial charge < -0.3 is 10.1 Å². The van der Waals surface area contributed by atoms with Crippen molar-refractivity contribution >= 4 is 17.8 Å². The van der Waals surface area contributed by atoms with Crippen LogP contribution < -0.4 is 15.5 Å². The van der Waals surface area contributed by atoms with Gasteiger partial charge in [0.2, 0.25) is 0 Å². The predicted octanol–water partition coefficient (Wildman–Crippen LogP) is 1.95. The number of carbonyl (C=O) groups excluding carboxylic acids is 3. The molecule has 4 amide bonds. The molecule has 0 saturated carbocycles. The molecular formula is C18H16FN3O4. The van der Waals surface area contributed by atoms with E-state index in [1.165, 1.54) is 32.2 Å². The van der Waals surface area contributed by atoms with Gasteiger partial charge in [0.15, 0.2) is 0 Å². The second kappa shape index (κ2) is 6.47. The van der Waals surface area contributed by atoms with Gasteiger partial charge in [-0.1, -0.05) is 18.2 Å². The molecule has 0 radical (unpaired) electrons. The Kier molecular flexibility index (Phi) is 4.33. The molecule has 2 aromatic carbocycles. The molecule has 0 spiro atoms. The fourth-order valence-electron chi connectivity index (χ4n) is 2.67. The monoisotopic (exact) mass is 357 g/mol. The third-order valence-electron chi connectivity index (χ3n) is 4.14. The number of ether oxygens (including phenoxy) is 1. The van der Waals surface area contributed by atoms with E-state index in [2.05, 4.69) is 10.7 Å². The minimum atomic E-state index is -1.37. The molecule has 1 aliphatic heterocycles. The Hall–Kier alpha value is -3.42. The maximum absolute atomic E-state index is 13.3. The summed E-state index contributed by atoms with van der Waals surface area (Å²) in [5.41, 5.74) is 1.32. The Morgan fingerprint density at radius 3 is 2.62 bits per heavy atom. The lowest BCUT2D eigenvalue weighted by Gasteiger charge is -2.22. The number of halogens is 1. The summed E-state index contributed by atoms with van der Waals surface area (Å²) in [4.78, 5) is 37.2. The Bertz CT molecular complexity index is 902. The fraction of sp³-hybridized carbons (Fsp3) is 0.167. The van der Waals surface area contributed by atoms with E-state index in [-0.39, 0.29) is 5.56 Å². The summed E-state index contributed by atoms with van der Waals surface area (Å²) in [6, 6.07) is 10.8. The first-order valence-electron chi connectivity index (χ1n) is 7.73. The van der Waals surface area contributed by atoms with Crippen LogP contribution >= 0.6 is 0 Å². The highest BCUT2D eigenvalue weighted by Gasteiger charge is 2.50. The van der Waals surface area contributed by atoms with E-state index in [9.17, 15) is 18.8 Å². The molecule has 1 unspecified atom stereocenters. The summed E-state index contributed by atoms with van der Waals surface area (Å²) >= 11 is 0. The quantitative estimate of drug-likeness (QED) is 0.819. The zero-order chi connectivity index (χ0) is 18.9. The smallest absolute Gasteiger partial charge is 0.344 e. The van der Waals surface area contributed by atoms with Crippen LogP contribution in [0, 0.1) is 5.82 Å². The van der Waals surface area contributed by atoms with E-state index in [0.29, 0.717) is 16.3 Å². The lowest BCUT2D eigenvalue weighted by Crippen LogP contribution is -2.47. The van der Waals surface area contributed by atoms with Crippen LogP contribution in [-0.2, 0) is 10.3 Å². The van der Waals surface area contributed by atoms with Gasteiger partial charge in [0.05, 0.1) is 7.11 Å². The van der Waals surface area contributed by atoms with Gasteiger partial charge in [0.25, 0.3) is 11.8 Å². The van der Waals surface area contributed by atoms with Gasteiger partial charge >= 0.3 is 6.03 Å². The highest BCUT2D eigenvalue weighted by molar-refractivity contribution is 6.09. The molecule has 1 heterocycles. The van der Waals surface area contributed by atoms with Crippen molar-refractivity contribution in [3.63, 3.8) is 0 Å². The molecule has 3 rings (SSSR count). The van der Waals surface area contributed by atoms with E-state index in [1.54, 1.807) is 24.3 Å². The molecule has 26 heavy (non-hydrogen) atoms. The summed E-state index contributed by atoms with van der Waals surface area (Å²) in [5.74, 6) is -1.52. The molecule has 2 aromatic rings. The van der Waals surface area contributed by atoms with Crippen LogP contribution in [0.5, 0.6) is 5.75 Å². The highest BCUT2D eigenvalue weighted by Crippen LogP contribution is 2.30. The third kappa shape index (κ3) is 2.97. The minimum Gasteiger partial charge on any atom is -0.497 e. The molecule has 0 aromatic heterocycles. The van der Waals surface area contributed by atoms with E-state index >= 15 is 0 Å². The van der Waals surface area contributed by atoms with Crippen molar-refractivity contribution in [3.8, 4) is 5.75 Å². The van der Waals surface area contributed by atoms with Gasteiger partial charge in [-0.3, -0.25) is 15.0 Å². The number of nitrogens with zero attached hydrogens (tertiary/aromatic N) is 1. The molecule has 0 bridgehead atoms. The van der Waals surface area contributed by atoms with E-state index in [0.717, 1.165) is 6.07 Å². The number of benzene rings is 2. The van der Waals surface area contributed by atoms with Gasteiger partial charge in [-0.15, -0.1) is 0 Å². The lowest BCUT2D eigenvalue weighted by atomic mass is 9.92. The fourth-order valence-corrected chi connectivity index (χ4v) is 2.67. The largest absolute Gasteiger partial charge is 0.497 e. The number of nitrogens with one attached hydrogen (secondary N) is 2. The standard InChI is InChI=1S/C18H16FN3O4/c1-18(12-6-4-8-14(10-12)26-2)16(24)22(17(25)20-18)21-15(23)11-5-3-7-13(19)9-11/h3-10H,1-2H3,(H,20,25)(H,21,23). The second-order valence-corrected chi connectivity index (χ2v) is 5.88. The van der Waals surface area contributed by atoms with E-state index in [1.807, 2.05) is 0 Å². The number of hydrogen-bond acceptors (Lipinski definition) is 4. The van der Waals surface area contributed by atoms with Crippen molar-refractivity contribution in [1.29, 1.82) is 0 Å². The van der Waals surface area contributed by atoms with Crippen LogP contribution in [0.2, 0.25) is 0 Å². The van der Waals surface area contributed by atoms with Crippen LogP contribution in [-0.4, -0.2) is 30.0 Å². The molecule has 7 nitrogen and oxygen atoms in total. The van der Waals surface area contributed by atoms with Crippen molar-refractivity contribution in [2.75, 3.05) is 7.11 Å². The molecule has 2 N–H and O–H groups in total. The number of amides is 4. The average molecular weight is 357 g/mol. The van der Waals surface area contributed by atoms with Gasteiger partial charge in [-0.2, -0.15) is 5.01 Å². The summed E-state index contributed by atoms with van der Waals surface area (Å²) in [6.45, 7) is 1.52. The van der Waals surface area contributed by atoms with Gasteiger partial charge in [-0.25, -0.2) is 9.18 Å². The van der Waals surface area contributed by atoms with Crippen molar-refractivity contribution in [2.45, 2.75) is 12.5 Å². The Morgan fingerprint density at radius 1 is 1.19 bits per heavy atom. The van der Waals surface area contributed by atoms with E-state index < -0.39 is 29.2 Å². The number of methoxy groups -OCH3 is 1. The second-order valence-electron chi connectivity index (χ2n) is 5.88. The van der Waals surface area contributed by atoms with Crippen LogP contribution in [0.25, 0.3) is 0 Å². The molecule has 0 aliphatic carbocycles. The third-order valence-corrected chi connectivity index (χ3v) is 4.14. The highest BCUT2D eigenvalue weighted by atomic mass is 19.1. The number of hydrazine groups is 1. The summed E-state index contributed by atoms with van der Waals surface area (Å²) < 4.78 is 18.4. The van der Waals surface area contributed by atoms with Crippen LogP contribution in [0.4, 0.5) is 9.18 Å². The summed E-state index contributed by atoms with van der Waals surface area (Å²) in [6.07, 6.45) is 0. The van der Waals surface area contributed by atoms with Crippen LogP contribution in [0.3, 0.4) is 0 Å². The van der Waals surface area contributed by atoms with Crippen molar-refractivity contribution < 1.29 is 23.5 Å². The average Bonchev–Trinajstić information content (AvgIpc) is 2.86. The number of imide groups is 1. The zero-order valence-corrected chi connectivity index (χ0v) is 14.1. The SMILES string of the molecule is COc1cccc(C2(C)NC(=O)N(NC(=O)c3cccc(F)c3)C2=O)c1. The Balaban J connectivity index is 1.85. The summed E-state index contributed by atoms with van der Waals surface area (Å²) in [7, 11) is 1.49. The first-order chi connectivity index (χ1) is 12.3. The minimum absolute atomic E-state index is 0.0133. The number of urea groups is 1. The van der Waals surface area contributed by atoms with Crippen molar-refractivity contribution in [2.24, 2.45) is 0 Å². The maximum atomic E-state index is 13.3. The Morgan fingerprint density at radius 2 is 1.92 bits per heavy atom. The number of rotatable bonds is 4. The molecule has 1 fully saturated rings. The van der Waals surface area contributed by atoms with E-state index in [4.69, 9.17) is 4.74 Å². The molecule has 1 atom stereocenters. The normalized spacial score (nSPS) is 19.3. The molecule has 1 saturated heterocycles. The number of carbonyl (C=O) groups is 3. The van der Waals surface area contributed by atoms with Gasteiger partial charge in [-0.05, 0) is 42.8 Å². The first kappa shape index (κ1) is 17.4. The molecule has 1 aliphatic rings. The van der Waals surface area contributed by atoms with Gasteiger partial charge in [0, 0.05) is 5.56 Å². The van der Waals surface area contributed by atoms with Crippen molar-refractivity contribution in [3.05, 3.63) is 65.5 Å².